The molecule has 0 fully saturated rings. The molecule has 0 aliphatic carbocycles. The first-order chi connectivity index (χ1) is 10.5. The van der Waals surface area contributed by atoms with E-state index in [1.54, 1.807) is 50.4 Å². The maximum atomic E-state index is 12.6. The highest BCUT2D eigenvalue weighted by Gasteiger charge is 2.16. The third kappa shape index (κ3) is 2.62. The second-order valence-electron chi connectivity index (χ2n) is 4.61. The van der Waals surface area contributed by atoms with Gasteiger partial charge in [0.25, 0.3) is 0 Å². The van der Waals surface area contributed by atoms with E-state index in [0.29, 0.717) is 28.0 Å². The summed E-state index contributed by atoms with van der Waals surface area (Å²) in [7, 11) is -2.33. The molecule has 8 heteroatoms. The van der Waals surface area contributed by atoms with Crippen LogP contribution in [-0.4, -0.2) is 24.3 Å². The number of sulfonamides is 1. The topological polar surface area (TPSA) is 83.3 Å². The van der Waals surface area contributed by atoms with E-state index in [1.165, 1.54) is 0 Å². The van der Waals surface area contributed by atoms with E-state index in [-0.39, 0.29) is 4.90 Å². The van der Waals surface area contributed by atoms with E-state index >= 15 is 0 Å². The summed E-state index contributed by atoms with van der Waals surface area (Å²) in [5.74, 6) is 0.637. The molecule has 22 heavy (non-hydrogen) atoms. The fourth-order valence-corrected chi connectivity index (χ4v) is 4.04. The Labute approximate surface area is 132 Å². The zero-order chi connectivity index (χ0) is 15.7. The molecule has 1 aromatic heterocycles. The van der Waals surface area contributed by atoms with Crippen molar-refractivity contribution in [3.05, 3.63) is 46.7 Å². The van der Waals surface area contributed by atoms with Gasteiger partial charge in [0.15, 0.2) is 0 Å². The third-order valence-electron chi connectivity index (χ3n) is 3.13. The first-order valence-corrected chi connectivity index (χ1v) is 8.52. The first-order valence-electron chi connectivity index (χ1n) is 6.35. The number of hydrogen-bond donors (Lipinski definition) is 0. The Bertz CT molecular complexity index is 918. The van der Waals surface area contributed by atoms with Crippen molar-refractivity contribution in [2.45, 2.75) is 11.8 Å². The summed E-state index contributed by atoms with van der Waals surface area (Å²) < 4.78 is 42.3. The van der Waals surface area contributed by atoms with Crippen molar-refractivity contribution in [3.63, 3.8) is 0 Å². The SMILES string of the molecule is COc1ccc([N-]S(=O)(=O)c2c(C)ccc3nsnc23)cc1. The van der Waals surface area contributed by atoms with Crippen LogP contribution in [0.5, 0.6) is 5.75 Å². The molecule has 0 saturated heterocycles. The van der Waals surface area contributed by atoms with Gasteiger partial charge in [0.05, 0.1) is 23.7 Å². The standard InChI is InChI=1S/C14H12N3O3S2/c1-9-3-8-12-13(16-21-15-12)14(9)22(18,19)17-10-4-6-11(20-2)7-5-10/h3-8H,1-2H3/q-1. The molecular formula is C14H12N3O3S2-. The predicted octanol–water partition coefficient (Wildman–Crippen LogP) is 3.40. The Morgan fingerprint density at radius 3 is 2.50 bits per heavy atom. The van der Waals surface area contributed by atoms with Crippen LogP contribution >= 0.6 is 11.7 Å². The van der Waals surface area contributed by atoms with Crippen molar-refractivity contribution in [2.75, 3.05) is 7.11 Å². The molecule has 0 N–H and O–H groups in total. The molecule has 0 bridgehead atoms. The summed E-state index contributed by atoms with van der Waals surface area (Å²) in [4.78, 5) is 0.106. The lowest BCUT2D eigenvalue weighted by Gasteiger charge is -2.23. The van der Waals surface area contributed by atoms with Gasteiger partial charge >= 0.3 is 0 Å². The number of fused-ring (bicyclic) bond motifs is 1. The Kier molecular flexibility index (Phi) is 3.71. The van der Waals surface area contributed by atoms with Gasteiger partial charge in [0.2, 0.25) is 0 Å². The maximum absolute atomic E-state index is 12.6. The van der Waals surface area contributed by atoms with Crippen LogP contribution in [0.4, 0.5) is 5.69 Å². The Hall–Kier alpha value is -2.19. The number of benzene rings is 2. The molecule has 6 nitrogen and oxygen atoms in total. The second kappa shape index (κ2) is 5.54. The van der Waals surface area contributed by atoms with E-state index in [0.717, 1.165) is 11.7 Å². The third-order valence-corrected chi connectivity index (χ3v) is 5.16. The lowest BCUT2D eigenvalue weighted by Crippen LogP contribution is -2.02. The lowest BCUT2D eigenvalue weighted by atomic mass is 10.2. The summed E-state index contributed by atoms with van der Waals surface area (Å²) in [6.45, 7) is 1.72. The molecular weight excluding hydrogens is 322 g/mol. The van der Waals surface area contributed by atoms with Crippen LogP contribution in [0.2, 0.25) is 0 Å². The normalized spacial score (nSPS) is 11.5. The van der Waals surface area contributed by atoms with Crippen LogP contribution in [0.15, 0.2) is 41.3 Å². The zero-order valence-electron chi connectivity index (χ0n) is 11.8. The number of hydrogen-bond acceptors (Lipinski definition) is 6. The van der Waals surface area contributed by atoms with Gasteiger partial charge in [0.1, 0.15) is 26.8 Å². The highest BCUT2D eigenvalue weighted by molar-refractivity contribution is 7.94. The largest absolute Gasteiger partial charge is 0.573 e. The monoisotopic (exact) mass is 334 g/mol. The van der Waals surface area contributed by atoms with Crippen LogP contribution < -0.4 is 4.74 Å². The molecule has 0 radical (unpaired) electrons. The van der Waals surface area contributed by atoms with Gasteiger partial charge in [-0.15, -0.1) is 5.69 Å². The molecule has 0 unspecified atom stereocenters. The smallest absolute Gasteiger partial charge is 0.125 e. The summed E-state index contributed by atoms with van der Waals surface area (Å²) in [6, 6.07) is 9.95. The van der Waals surface area contributed by atoms with Gasteiger partial charge in [-0.3, -0.25) is 0 Å². The van der Waals surface area contributed by atoms with Crippen molar-refractivity contribution >= 4 is 38.5 Å². The van der Waals surface area contributed by atoms with Crippen LogP contribution in [0, 0.1) is 6.92 Å². The molecule has 0 amide bonds. The molecule has 1 heterocycles. The molecule has 0 spiro atoms. The number of aromatic nitrogens is 2. The minimum absolute atomic E-state index is 0.106. The minimum atomic E-state index is -3.87. The van der Waals surface area contributed by atoms with Crippen molar-refractivity contribution in [3.8, 4) is 5.75 Å². The van der Waals surface area contributed by atoms with Gasteiger partial charge in [-0.1, -0.05) is 18.2 Å². The average molecular weight is 334 g/mol. The molecule has 2 aromatic carbocycles. The van der Waals surface area contributed by atoms with Crippen LogP contribution in [0.1, 0.15) is 5.56 Å². The van der Waals surface area contributed by atoms with E-state index < -0.39 is 10.0 Å². The molecule has 0 saturated carbocycles. The molecule has 3 aromatic rings. The molecule has 3 rings (SSSR count). The van der Waals surface area contributed by atoms with Gasteiger partial charge in [-0.25, -0.2) is 8.42 Å². The summed E-state index contributed by atoms with van der Waals surface area (Å²) in [6.07, 6.45) is 0. The number of ether oxygens (including phenoxy) is 1. The first kappa shape index (κ1) is 14.7. The highest BCUT2D eigenvalue weighted by Crippen LogP contribution is 2.34. The summed E-state index contributed by atoms with van der Waals surface area (Å²) in [5, 5.41) is 0. The van der Waals surface area contributed by atoms with E-state index in [9.17, 15) is 8.42 Å². The molecule has 114 valence electrons. The number of nitrogens with zero attached hydrogens (tertiary/aromatic N) is 3. The van der Waals surface area contributed by atoms with Crippen molar-refractivity contribution in [2.24, 2.45) is 0 Å². The fraction of sp³-hybridized carbons (Fsp3) is 0.143. The summed E-state index contributed by atoms with van der Waals surface area (Å²) in [5.41, 5.74) is 1.85. The maximum Gasteiger partial charge on any atom is 0.125 e. The van der Waals surface area contributed by atoms with Crippen molar-refractivity contribution in [1.82, 2.24) is 8.75 Å². The van der Waals surface area contributed by atoms with Crippen LogP contribution in [-0.2, 0) is 10.0 Å². The highest BCUT2D eigenvalue weighted by atomic mass is 32.2. The average Bonchev–Trinajstić information content (AvgIpc) is 2.95. The van der Waals surface area contributed by atoms with Gasteiger partial charge < -0.3 is 9.46 Å². The quantitative estimate of drug-likeness (QED) is 0.730. The fourth-order valence-electron chi connectivity index (χ4n) is 2.08. The van der Waals surface area contributed by atoms with Gasteiger partial charge in [0, 0.05) is 0 Å². The number of aryl methyl sites for hydroxylation is 1. The minimum Gasteiger partial charge on any atom is -0.573 e. The molecule has 0 aliphatic rings. The Morgan fingerprint density at radius 2 is 1.82 bits per heavy atom. The van der Waals surface area contributed by atoms with Gasteiger partial charge in [-0.05, 0) is 30.7 Å². The predicted molar refractivity (Wildman–Crippen MR) is 85.4 cm³/mol. The van der Waals surface area contributed by atoms with E-state index in [1.807, 2.05) is 0 Å². The number of methoxy groups -OCH3 is 1. The van der Waals surface area contributed by atoms with Crippen molar-refractivity contribution in [1.29, 1.82) is 0 Å². The molecule has 0 aliphatic heterocycles. The summed E-state index contributed by atoms with van der Waals surface area (Å²) >= 11 is 0.980. The van der Waals surface area contributed by atoms with Crippen LogP contribution in [0.25, 0.3) is 15.8 Å². The van der Waals surface area contributed by atoms with Crippen LogP contribution in [0.3, 0.4) is 0 Å². The number of rotatable bonds is 4. The Morgan fingerprint density at radius 1 is 1.09 bits per heavy atom. The second-order valence-corrected chi connectivity index (χ2v) is 6.68. The molecule has 0 atom stereocenters. The van der Waals surface area contributed by atoms with Crippen molar-refractivity contribution < 1.29 is 13.2 Å². The van der Waals surface area contributed by atoms with E-state index in [2.05, 4.69) is 13.5 Å². The zero-order valence-corrected chi connectivity index (χ0v) is 13.5. The Balaban J connectivity index is 2.04. The van der Waals surface area contributed by atoms with Gasteiger partial charge in [-0.2, -0.15) is 8.75 Å². The lowest BCUT2D eigenvalue weighted by molar-refractivity contribution is 0.415. The van der Waals surface area contributed by atoms with E-state index in [4.69, 9.17) is 4.74 Å².